The summed E-state index contributed by atoms with van der Waals surface area (Å²) in [5.41, 5.74) is -2.37. The van der Waals surface area contributed by atoms with Crippen molar-refractivity contribution in [3.05, 3.63) is 52.7 Å². The number of carboxylic acids is 6. The predicted octanol–water partition coefficient (Wildman–Crippen LogP) is 1.44. The second-order valence-electron chi connectivity index (χ2n) is 17.1. The van der Waals surface area contributed by atoms with Crippen LogP contribution >= 0.6 is 0 Å². The molecule has 0 unspecified atom stereocenters. The summed E-state index contributed by atoms with van der Waals surface area (Å²) in [5.74, 6) is -8.71. The molecule has 0 bridgehead atoms. The number of aromatic hydroxyl groups is 1. The highest BCUT2D eigenvalue weighted by Gasteiger charge is 2.36. The van der Waals surface area contributed by atoms with E-state index in [1.165, 1.54) is 24.3 Å². The number of carbonyl (C=O) groups excluding carboxylic acids is 2. The van der Waals surface area contributed by atoms with Crippen LogP contribution in [0.4, 0.5) is 5.69 Å². The van der Waals surface area contributed by atoms with E-state index < -0.39 is 137 Å². The molecule has 410 valence electrons. The van der Waals surface area contributed by atoms with Crippen LogP contribution in [0, 0.1) is 0 Å². The number of aliphatic carboxylic acids is 6. The lowest BCUT2D eigenvalue weighted by molar-refractivity contribution is -0.141. The predicted molar refractivity (Wildman–Crippen MR) is 259 cm³/mol. The van der Waals surface area contributed by atoms with Crippen LogP contribution in [-0.2, 0) is 66.8 Å². The largest absolute Gasteiger partial charge is 0.507 e. The Kier molecular flexibility index (Phi) is 24.0. The summed E-state index contributed by atoms with van der Waals surface area (Å²) in [6.45, 7) is -4.81. The van der Waals surface area contributed by atoms with E-state index in [1.54, 1.807) is 23.1 Å². The van der Waals surface area contributed by atoms with Gasteiger partial charge in [-0.3, -0.25) is 43.2 Å². The maximum Gasteiger partial charge on any atom is 0.305 e. The van der Waals surface area contributed by atoms with E-state index in [4.69, 9.17) is 37.8 Å². The van der Waals surface area contributed by atoms with Crippen molar-refractivity contribution in [1.82, 2.24) is 15.6 Å². The fourth-order valence-electron chi connectivity index (χ4n) is 7.24. The van der Waals surface area contributed by atoms with Gasteiger partial charge in [-0.15, -0.1) is 0 Å². The number of ether oxygens (including phenoxy) is 6. The molecule has 0 aliphatic rings. The molecule has 27 nitrogen and oxygen atoms in total. The van der Waals surface area contributed by atoms with Crippen molar-refractivity contribution < 1.29 is 107 Å². The van der Waals surface area contributed by atoms with E-state index >= 15 is 0 Å². The fourth-order valence-corrected chi connectivity index (χ4v) is 7.24. The Bertz CT molecular complexity index is 2490. The van der Waals surface area contributed by atoms with Crippen molar-refractivity contribution in [1.29, 1.82) is 0 Å². The van der Waals surface area contributed by atoms with E-state index in [0.29, 0.717) is 22.0 Å². The smallest absolute Gasteiger partial charge is 0.305 e. The molecule has 2 amide bonds. The minimum atomic E-state index is -1.62. The third-order valence-electron chi connectivity index (χ3n) is 10.8. The summed E-state index contributed by atoms with van der Waals surface area (Å²) < 4.78 is 39.8. The van der Waals surface area contributed by atoms with Crippen molar-refractivity contribution >= 4 is 86.3 Å². The number of benzene rings is 3. The van der Waals surface area contributed by atoms with Crippen molar-refractivity contribution in [2.75, 3.05) is 97.3 Å². The number of rotatable bonds is 39. The van der Waals surface area contributed by atoms with E-state index in [1.807, 2.05) is 0 Å². The molecule has 75 heavy (non-hydrogen) atoms. The average molecular weight is 1060 g/mol. The van der Waals surface area contributed by atoms with Crippen LogP contribution in [0.2, 0.25) is 0 Å². The molecule has 0 saturated heterocycles. The van der Waals surface area contributed by atoms with E-state index in [2.05, 4.69) is 10.6 Å². The van der Waals surface area contributed by atoms with Crippen molar-refractivity contribution in [3.8, 4) is 5.75 Å². The normalized spacial score (nSPS) is 11.7. The molecule has 0 spiro atoms. The number of phenols is 1. The molecular weight excluding hydrogens is 1000 g/mol. The van der Waals surface area contributed by atoms with E-state index in [9.17, 15) is 78.9 Å². The Labute approximate surface area is 426 Å². The average Bonchev–Trinajstić information content (AvgIpc) is 3.33. The van der Waals surface area contributed by atoms with Gasteiger partial charge in [0.25, 0.3) is 0 Å². The van der Waals surface area contributed by atoms with Gasteiger partial charge in [0.1, 0.15) is 27.9 Å². The molecule has 3 aromatic carbocycles. The minimum Gasteiger partial charge on any atom is -0.507 e. The van der Waals surface area contributed by atoms with Crippen LogP contribution in [0.1, 0.15) is 51.4 Å². The molecule has 4 rings (SSSR count). The maximum absolute atomic E-state index is 14.1. The Hall–Kier alpha value is -7.56. The zero-order valence-electron chi connectivity index (χ0n) is 40.7. The van der Waals surface area contributed by atoms with Gasteiger partial charge in [-0.2, -0.15) is 0 Å². The quantitative estimate of drug-likeness (QED) is 0.0173. The number of hydrogen-bond acceptors (Lipinski definition) is 19. The van der Waals surface area contributed by atoms with Crippen molar-refractivity contribution in [3.63, 3.8) is 0 Å². The summed E-state index contributed by atoms with van der Waals surface area (Å²) in [6.07, 6.45) is -3.29. The molecule has 1 aromatic heterocycles. The Morgan fingerprint density at radius 1 is 0.493 bits per heavy atom. The first-order valence-corrected chi connectivity index (χ1v) is 23.3. The molecule has 27 heteroatoms. The monoisotopic (exact) mass is 1060 g/mol. The van der Waals surface area contributed by atoms with Crippen LogP contribution in [-0.4, -0.2) is 192 Å². The fraction of sp³-hybridized carbons (Fsp3) is 0.500. The van der Waals surface area contributed by atoms with Crippen molar-refractivity contribution in [2.45, 2.75) is 62.4 Å². The molecule has 0 aliphatic carbocycles. The third kappa shape index (κ3) is 21.1. The number of fused-ring (bicyclic) bond motifs is 4. The molecule has 4 aromatic rings. The second kappa shape index (κ2) is 30.0. The minimum absolute atomic E-state index is 0.108. The topological polar surface area (TPSA) is 404 Å². The zero-order valence-corrected chi connectivity index (χ0v) is 40.7. The molecule has 0 atom stereocenters. The van der Waals surface area contributed by atoms with Gasteiger partial charge in [-0.25, -0.2) is 4.98 Å². The van der Waals surface area contributed by atoms with Gasteiger partial charge in [-0.05, 0) is 30.3 Å². The summed E-state index contributed by atoms with van der Waals surface area (Å²) in [5, 5.41) is 72.2. The van der Waals surface area contributed by atoms with E-state index in [-0.39, 0.29) is 93.4 Å². The van der Waals surface area contributed by atoms with Crippen LogP contribution in [0.3, 0.4) is 0 Å². The molecule has 9 N–H and O–H groups in total. The Morgan fingerprint density at radius 2 is 0.880 bits per heavy atom. The van der Waals surface area contributed by atoms with Gasteiger partial charge in [0.2, 0.25) is 11.8 Å². The number of carbonyl (C=O) groups is 8. The van der Waals surface area contributed by atoms with Gasteiger partial charge >= 0.3 is 35.8 Å². The number of hydrogen-bond donors (Lipinski definition) is 9. The van der Waals surface area contributed by atoms with Crippen LogP contribution in [0.5, 0.6) is 5.75 Å². The first-order chi connectivity index (χ1) is 35.7. The molecule has 1 heterocycles. The number of amides is 2. The van der Waals surface area contributed by atoms with Crippen molar-refractivity contribution in [2.24, 2.45) is 0 Å². The molecule has 0 aliphatic heterocycles. The lowest BCUT2D eigenvalue weighted by Gasteiger charge is -2.35. The van der Waals surface area contributed by atoms with Gasteiger partial charge in [0.15, 0.2) is 16.6 Å². The summed E-state index contributed by atoms with van der Waals surface area (Å²) in [4.78, 5) is 114. The summed E-state index contributed by atoms with van der Waals surface area (Å²) >= 11 is 0. The molecule has 0 fully saturated rings. The lowest BCUT2D eigenvalue weighted by Crippen LogP contribution is -2.59. The first kappa shape index (κ1) is 60.0. The maximum atomic E-state index is 14.1. The molecule has 0 radical (unpaired) electrons. The van der Waals surface area contributed by atoms with Crippen LogP contribution in [0.25, 0.3) is 33.0 Å². The van der Waals surface area contributed by atoms with Crippen LogP contribution < -0.4 is 21.0 Å². The number of nitrogens with one attached hydrogen (secondary N) is 2. The number of anilines is 1. The number of phenolic OH excluding ortho intramolecular Hbond substituents is 1. The molecular formula is C48H60N4O23. The lowest BCUT2D eigenvalue weighted by atomic mass is 10.0. The highest BCUT2D eigenvalue weighted by atomic mass is 16.5. The standard InChI is InChI=1S/C48H60N4O23/c53-31-2-3-32-33(22-31)46-37(23-35(32)54)75-36-21-30(1-4-34(36)49-46)52(13-5-38(55)50-47(24-69-15-7-40(57)58,25-70-16-8-41(59)60)26-71-17-9-42(61)62)14-6-39(56)51-48(27-72-18-10-43(63)64,28-73-19-11-44(65)66)29-74-20-12-45(67)68/h1-4,21-23,54H,5-20,24-29H2,(H,50,55)(H,51,56)(H,57,58)(H,59,60)(H,61,62)(H,63,64)(H,65,66)(H,67,68). The first-order valence-electron chi connectivity index (χ1n) is 23.3. The third-order valence-corrected chi connectivity index (χ3v) is 10.8. The van der Waals surface area contributed by atoms with Crippen LogP contribution in [0.15, 0.2) is 51.7 Å². The van der Waals surface area contributed by atoms with E-state index in [0.717, 1.165) is 0 Å². The summed E-state index contributed by atoms with van der Waals surface area (Å²) in [7, 11) is 0. The SMILES string of the molecule is O=C(O)CCOCC(COCCC(=O)O)(COCCC(=O)O)NC(=O)CCN(CCC(=O)NC(COCCC(=O)O)(COCCC(=O)O)COCCC(=O)O)c1ccc2nc3c(cc(O)c4ccc(=O)cc43)oc2c1. The Balaban J connectivity index is 1.71. The Morgan fingerprint density at radius 3 is 1.25 bits per heavy atom. The van der Waals surface area contributed by atoms with Gasteiger partial charge in [0, 0.05) is 54.5 Å². The summed E-state index contributed by atoms with van der Waals surface area (Å²) in [6, 6.07) is 10.1. The van der Waals surface area contributed by atoms with Gasteiger partial charge < -0.3 is 84.1 Å². The van der Waals surface area contributed by atoms with Gasteiger partial charge in [0.05, 0.1) is 118 Å². The number of nitrogens with zero attached hydrogens (tertiary/aromatic N) is 2. The van der Waals surface area contributed by atoms with Gasteiger partial charge in [-0.1, -0.05) is 0 Å². The number of carboxylic acid groups (broad SMARTS) is 6. The second-order valence-corrected chi connectivity index (χ2v) is 17.1. The number of aromatic nitrogens is 1. The molecule has 0 saturated carbocycles. The highest BCUT2D eigenvalue weighted by molar-refractivity contribution is 6.07. The highest BCUT2D eigenvalue weighted by Crippen LogP contribution is 2.34. The zero-order chi connectivity index (χ0) is 55.0.